The summed E-state index contributed by atoms with van der Waals surface area (Å²) in [6, 6.07) is 3.63. The van der Waals surface area contributed by atoms with Gasteiger partial charge in [-0.2, -0.15) is 11.8 Å². The van der Waals surface area contributed by atoms with E-state index in [2.05, 4.69) is 20.6 Å². The average molecular weight is 391 g/mol. The number of piperidine rings is 1. The Morgan fingerprint density at radius 3 is 2.70 bits per heavy atom. The minimum atomic E-state index is -0.503. The van der Waals surface area contributed by atoms with E-state index >= 15 is 0 Å². The summed E-state index contributed by atoms with van der Waals surface area (Å²) in [7, 11) is 0. The zero-order valence-corrected chi connectivity index (χ0v) is 16.3. The van der Waals surface area contributed by atoms with Crippen LogP contribution >= 0.6 is 11.8 Å². The molecule has 2 aliphatic rings. The van der Waals surface area contributed by atoms with Crippen molar-refractivity contribution in [3.8, 4) is 0 Å². The molecule has 0 spiro atoms. The number of benzene rings is 1. The predicted octanol–water partition coefficient (Wildman–Crippen LogP) is 3.79. The number of hydrogen-bond donors (Lipinski definition) is 3. The van der Waals surface area contributed by atoms with Crippen molar-refractivity contribution in [1.29, 1.82) is 0 Å². The molecule has 7 heteroatoms. The maximum Gasteiger partial charge on any atom is 0.261 e. The SMILES string of the molecule is O=c1[nH]c(CSC2CCNCC2)nc2cc(NC3CCCCC3)cc(F)c12. The second-order valence-electron chi connectivity index (χ2n) is 7.60. The van der Waals surface area contributed by atoms with Gasteiger partial charge < -0.3 is 15.6 Å². The van der Waals surface area contributed by atoms with Crippen LogP contribution in [0.15, 0.2) is 16.9 Å². The molecule has 2 aromatic rings. The standard InChI is InChI=1S/C20H27FN4OS/c21-16-10-14(23-13-4-2-1-3-5-13)11-17-19(16)20(26)25-18(24-17)12-27-15-6-8-22-9-7-15/h10-11,13,15,22-23H,1-9,12H2,(H,24,25,26). The molecule has 2 heterocycles. The van der Waals surface area contributed by atoms with Crippen molar-refractivity contribution < 1.29 is 4.39 Å². The molecule has 1 aliphatic carbocycles. The van der Waals surface area contributed by atoms with Crippen molar-refractivity contribution in [3.63, 3.8) is 0 Å². The number of halogens is 1. The smallest absolute Gasteiger partial charge is 0.261 e. The molecule has 1 saturated carbocycles. The first-order valence-corrected chi connectivity index (χ1v) is 11.1. The summed E-state index contributed by atoms with van der Waals surface area (Å²) in [5.41, 5.74) is 0.780. The molecule has 0 amide bonds. The predicted molar refractivity (Wildman–Crippen MR) is 110 cm³/mol. The molecule has 146 valence electrons. The van der Waals surface area contributed by atoms with Gasteiger partial charge in [0.1, 0.15) is 17.0 Å². The van der Waals surface area contributed by atoms with Crippen molar-refractivity contribution in [1.82, 2.24) is 15.3 Å². The molecule has 5 nitrogen and oxygen atoms in total. The fraction of sp³-hybridized carbons (Fsp3) is 0.600. The van der Waals surface area contributed by atoms with E-state index in [4.69, 9.17) is 0 Å². The van der Waals surface area contributed by atoms with Crippen molar-refractivity contribution >= 4 is 28.4 Å². The molecule has 1 aromatic carbocycles. The van der Waals surface area contributed by atoms with Gasteiger partial charge in [-0.25, -0.2) is 9.37 Å². The molecule has 27 heavy (non-hydrogen) atoms. The summed E-state index contributed by atoms with van der Waals surface area (Å²) >= 11 is 1.82. The first-order valence-electron chi connectivity index (χ1n) is 10.0. The summed E-state index contributed by atoms with van der Waals surface area (Å²) in [5.74, 6) is 0.778. The lowest BCUT2D eigenvalue weighted by molar-refractivity contribution is 0.462. The maximum atomic E-state index is 14.6. The molecule has 0 unspecified atom stereocenters. The van der Waals surface area contributed by atoms with Crippen LogP contribution in [0.3, 0.4) is 0 Å². The first kappa shape index (κ1) is 18.7. The lowest BCUT2D eigenvalue weighted by atomic mass is 9.95. The number of hydrogen-bond acceptors (Lipinski definition) is 5. The number of fused-ring (bicyclic) bond motifs is 1. The Morgan fingerprint density at radius 2 is 1.93 bits per heavy atom. The van der Waals surface area contributed by atoms with Gasteiger partial charge in [0, 0.05) is 17.0 Å². The van der Waals surface area contributed by atoms with Crippen LogP contribution in [0.2, 0.25) is 0 Å². The van der Waals surface area contributed by atoms with Crippen LogP contribution in [-0.4, -0.2) is 34.3 Å². The third-order valence-corrected chi connectivity index (χ3v) is 6.91. The molecule has 4 rings (SSSR count). The molecule has 0 atom stereocenters. The molecule has 3 N–H and O–H groups in total. The van der Waals surface area contributed by atoms with E-state index in [1.54, 1.807) is 0 Å². The summed E-state index contributed by atoms with van der Waals surface area (Å²) in [6.45, 7) is 2.08. The van der Waals surface area contributed by atoms with E-state index in [1.807, 2.05) is 17.8 Å². The maximum absolute atomic E-state index is 14.6. The minimum absolute atomic E-state index is 0.0554. The number of H-pyrrole nitrogens is 1. The van der Waals surface area contributed by atoms with Gasteiger partial charge in [0.25, 0.3) is 5.56 Å². The Labute approximate surface area is 162 Å². The molecular formula is C20H27FN4OS. The van der Waals surface area contributed by atoms with Crippen LogP contribution in [0.4, 0.5) is 10.1 Å². The van der Waals surface area contributed by atoms with Crippen molar-refractivity contribution in [2.75, 3.05) is 18.4 Å². The van der Waals surface area contributed by atoms with Gasteiger partial charge in [0.15, 0.2) is 0 Å². The van der Waals surface area contributed by atoms with Gasteiger partial charge >= 0.3 is 0 Å². The zero-order valence-electron chi connectivity index (χ0n) is 15.5. The van der Waals surface area contributed by atoms with Crippen LogP contribution in [-0.2, 0) is 5.75 Å². The third-order valence-electron chi connectivity index (χ3n) is 5.53. The zero-order chi connectivity index (χ0) is 18.6. The molecule has 0 bridgehead atoms. The second kappa shape index (κ2) is 8.61. The van der Waals surface area contributed by atoms with E-state index in [9.17, 15) is 9.18 Å². The second-order valence-corrected chi connectivity index (χ2v) is 8.89. The first-order chi connectivity index (χ1) is 13.2. The van der Waals surface area contributed by atoms with E-state index < -0.39 is 5.82 Å². The summed E-state index contributed by atoms with van der Waals surface area (Å²) in [4.78, 5) is 19.7. The minimum Gasteiger partial charge on any atom is -0.382 e. The molecule has 1 aromatic heterocycles. The van der Waals surface area contributed by atoms with Gasteiger partial charge in [0.05, 0.1) is 11.3 Å². The lowest BCUT2D eigenvalue weighted by Crippen LogP contribution is -2.29. The summed E-state index contributed by atoms with van der Waals surface area (Å²) in [6.07, 6.45) is 8.19. The molecular weight excluding hydrogens is 363 g/mol. The summed E-state index contributed by atoms with van der Waals surface area (Å²) in [5, 5.41) is 7.43. The van der Waals surface area contributed by atoms with E-state index in [-0.39, 0.29) is 10.9 Å². The van der Waals surface area contributed by atoms with Crippen LogP contribution in [0, 0.1) is 5.82 Å². The number of nitrogens with one attached hydrogen (secondary N) is 3. The Bertz CT molecular complexity index is 844. The van der Waals surface area contributed by atoms with Crippen molar-refractivity contribution in [3.05, 3.63) is 34.1 Å². The monoisotopic (exact) mass is 390 g/mol. The largest absolute Gasteiger partial charge is 0.382 e. The highest BCUT2D eigenvalue weighted by molar-refractivity contribution is 7.99. The Balaban J connectivity index is 1.54. The highest BCUT2D eigenvalue weighted by Crippen LogP contribution is 2.26. The quantitative estimate of drug-likeness (QED) is 0.725. The Kier molecular flexibility index (Phi) is 5.98. The van der Waals surface area contributed by atoms with E-state index in [1.165, 1.54) is 25.3 Å². The van der Waals surface area contributed by atoms with Gasteiger partial charge in [-0.05, 0) is 50.9 Å². The van der Waals surface area contributed by atoms with E-state index in [0.29, 0.717) is 28.4 Å². The molecule has 1 saturated heterocycles. The fourth-order valence-electron chi connectivity index (χ4n) is 4.07. The van der Waals surface area contributed by atoms with Crippen molar-refractivity contribution in [2.24, 2.45) is 0 Å². The Hall–Kier alpha value is -1.60. The normalized spacial score (nSPS) is 19.4. The number of aromatic amines is 1. The fourth-order valence-corrected chi connectivity index (χ4v) is 5.16. The van der Waals surface area contributed by atoms with Crippen LogP contribution < -0.4 is 16.2 Å². The number of thioether (sulfide) groups is 1. The van der Waals surface area contributed by atoms with Crippen LogP contribution in [0.1, 0.15) is 50.8 Å². The van der Waals surface area contributed by atoms with Gasteiger partial charge in [0.2, 0.25) is 0 Å². The van der Waals surface area contributed by atoms with Crippen LogP contribution in [0.25, 0.3) is 10.9 Å². The molecule has 0 radical (unpaired) electrons. The number of anilines is 1. The lowest BCUT2D eigenvalue weighted by Gasteiger charge is -2.24. The number of rotatable bonds is 5. The average Bonchev–Trinajstić information content (AvgIpc) is 2.67. The third kappa shape index (κ3) is 4.63. The number of nitrogens with zero attached hydrogens (tertiary/aromatic N) is 1. The van der Waals surface area contributed by atoms with Gasteiger partial charge in [-0.3, -0.25) is 4.79 Å². The highest BCUT2D eigenvalue weighted by Gasteiger charge is 2.17. The van der Waals surface area contributed by atoms with E-state index in [0.717, 1.165) is 44.5 Å². The van der Waals surface area contributed by atoms with Crippen molar-refractivity contribution in [2.45, 2.75) is 62.0 Å². The van der Waals surface area contributed by atoms with Gasteiger partial charge in [-0.1, -0.05) is 19.3 Å². The molecule has 2 fully saturated rings. The summed E-state index contributed by atoms with van der Waals surface area (Å²) < 4.78 is 14.6. The van der Waals surface area contributed by atoms with Gasteiger partial charge in [-0.15, -0.1) is 0 Å². The topological polar surface area (TPSA) is 69.8 Å². The molecule has 1 aliphatic heterocycles. The Morgan fingerprint density at radius 1 is 1.15 bits per heavy atom. The highest BCUT2D eigenvalue weighted by atomic mass is 32.2. The number of aromatic nitrogens is 2. The van der Waals surface area contributed by atoms with Crippen LogP contribution in [0.5, 0.6) is 0 Å².